The van der Waals surface area contributed by atoms with Crippen LogP contribution < -0.4 is 14.8 Å². The summed E-state index contributed by atoms with van der Waals surface area (Å²) in [4.78, 5) is 12.4. The zero-order valence-corrected chi connectivity index (χ0v) is 18.9. The second-order valence-electron chi connectivity index (χ2n) is 6.94. The van der Waals surface area contributed by atoms with Crippen LogP contribution in [-0.4, -0.2) is 31.6 Å². The predicted octanol–water partition coefficient (Wildman–Crippen LogP) is 3.81. The zero-order valence-electron chi connectivity index (χ0n) is 16.5. The number of hydrogen-bond acceptors (Lipinski definition) is 7. The number of aromatic nitrogens is 2. The second kappa shape index (κ2) is 8.91. The first-order valence-corrected chi connectivity index (χ1v) is 12.1. The van der Waals surface area contributed by atoms with E-state index in [0.29, 0.717) is 6.42 Å². The molecule has 162 valence electrons. The molecular weight excluding hydrogens is 460 g/mol. The number of carbonyl (C=O) groups is 1. The molecule has 11 heteroatoms. The third-order valence-corrected chi connectivity index (χ3v) is 7.94. The summed E-state index contributed by atoms with van der Waals surface area (Å²) in [5.74, 6) is 0.249. The Morgan fingerprint density at radius 3 is 2.81 bits per heavy atom. The van der Waals surface area contributed by atoms with Crippen molar-refractivity contribution in [1.29, 1.82) is 0 Å². The fourth-order valence-corrected chi connectivity index (χ4v) is 5.84. The molecule has 3 aromatic rings. The number of nitrogens with one attached hydrogen (secondary N) is 2. The van der Waals surface area contributed by atoms with Crippen molar-refractivity contribution < 1.29 is 17.9 Å². The number of aryl methyl sites for hydroxylation is 1. The Balaban J connectivity index is 1.50. The number of rotatable bonds is 6. The van der Waals surface area contributed by atoms with Gasteiger partial charge in [-0.1, -0.05) is 41.1 Å². The molecule has 1 aliphatic rings. The molecule has 2 aromatic carbocycles. The van der Waals surface area contributed by atoms with Crippen LogP contribution in [0.3, 0.4) is 0 Å². The van der Waals surface area contributed by atoms with Crippen LogP contribution in [0.2, 0.25) is 5.02 Å². The van der Waals surface area contributed by atoms with Crippen LogP contribution in [-0.2, 0) is 16.4 Å². The van der Waals surface area contributed by atoms with E-state index in [1.165, 1.54) is 0 Å². The van der Waals surface area contributed by atoms with E-state index in [0.717, 1.165) is 41.1 Å². The molecule has 1 aromatic heterocycles. The van der Waals surface area contributed by atoms with Crippen LogP contribution in [0.15, 0.2) is 46.8 Å². The lowest BCUT2D eigenvalue weighted by Gasteiger charge is -2.26. The van der Waals surface area contributed by atoms with E-state index in [1.54, 1.807) is 31.4 Å². The Labute approximate surface area is 188 Å². The molecule has 0 spiro atoms. The number of sulfonamides is 1. The smallest absolute Gasteiger partial charge is 0.270 e. The highest BCUT2D eigenvalue weighted by Gasteiger charge is 2.29. The first-order valence-electron chi connectivity index (χ1n) is 9.46. The van der Waals surface area contributed by atoms with E-state index in [1.807, 2.05) is 18.2 Å². The standard InChI is InChI=1S/C20H19ClN4O4S2/c1-29-13-9-10-14-12(11-13)5-4-8-17(14)25-31(27,28)20-24-23-19(30-20)22-18(26)15-6-2-3-7-16(15)21/h2-3,6-7,9-11,17,25H,4-5,8H2,1H3,(H,22,23,26)/t17-/m0/s1. The van der Waals surface area contributed by atoms with Crippen LogP contribution in [0, 0.1) is 0 Å². The average Bonchev–Trinajstić information content (AvgIpc) is 3.23. The maximum Gasteiger partial charge on any atom is 0.270 e. The van der Waals surface area contributed by atoms with Gasteiger partial charge in [-0.25, -0.2) is 13.1 Å². The topological polar surface area (TPSA) is 110 Å². The van der Waals surface area contributed by atoms with Crippen molar-refractivity contribution >= 4 is 44.0 Å². The van der Waals surface area contributed by atoms with Gasteiger partial charge in [0.05, 0.1) is 17.7 Å². The Morgan fingerprint density at radius 1 is 1.23 bits per heavy atom. The van der Waals surface area contributed by atoms with E-state index in [-0.39, 0.29) is 26.1 Å². The van der Waals surface area contributed by atoms with Crippen molar-refractivity contribution in [3.05, 3.63) is 64.2 Å². The lowest BCUT2D eigenvalue weighted by molar-refractivity contribution is 0.102. The van der Waals surface area contributed by atoms with Crippen LogP contribution in [0.5, 0.6) is 5.75 Å². The minimum Gasteiger partial charge on any atom is -0.497 e. The molecular formula is C20H19ClN4O4S2. The molecule has 0 saturated heterocycles. The van der Waals surface area contributed by atoms with Gasteiger partial charge in [-0.15, -0.1) is 10.2 Å². The number of methoxy groups -OCH3 is 1. The minimum absolute atomic E-state index is 0.0686. The van der Waals surface area contributed by atoms with Crippen LogP contribution in [0.4, 0.5) is 5.13 Å². The van der Waals surface area contributed by atoms with Crippen LogP contribution in [0.25, 0.3) is 0 Å². The van der Waals surface area contributed by atoms with Gasteiger partial charge < -0.3 is 4.74 Å². The van der Waals surface area contributed by atoms with E-state index < -0.39 is 15.9 Å². The Hall–Kier alpha value is -2.53. The fraction of sp³-hybridized carbons (Fsp3) is 0.250. The normalized spacial score (nSPS) is 15.9. The number of ether oxygens (including phenoxy) is 1. The Kier molecular flexibility index (Phi) is 6.24. The van der Waals surface area contributed by atoms with Gasteiger partial charge in [0, 0.05) is 6.04 Å². The van der Waals surface area contributed by atoms with E-state index in [2.05, 4.69) is 20.2 Å². The lowest BCUT2D eigenvalue weighted by Crippen LogP contribution is -2.31. The predicted molar refractivity (Wildman–Crippen MR) is 118 cm³/mol. The molecule has 1 heterocycles. The first kappa shape index (κ1) is 21.7. The summed E-state index contributed by atoms with van der Waals surface area (Å²) in [6.07, 6.45) is 2.39. The van der Waals surface area contributed by atoms with Crippen molar-refractivity contribution in [2.75, 3.05) is 12.4 Å². The summed E-state index contributed by atoms with van der Waals surface area (Å²) < 4.78 is 33.5. The Morgan fingerprint density at radius 2 is 2.03 bits per heavy atom. The van der Waals surface area contributed by atoms with Crippen LogP contribution >= 0.6 is 22.9 Å². The number of anilines is 1. The molecule has 0 aliphatic heterocycles. The zero-order chi connectivity index (χ0) is 22.0. The summed E-state index contributed by atoms with van der Waals surface area (Å²) in [7, 11) is -2.32. The van der Waals surface area contributed by atoms with Crippen molar-refractivity contribution in [1.82, 2.24) is 14.9 Å². The number of fused-ring (bicyclic) bond motifs is 1. The van der Waals surface area contributed by atoms with Gasteiger partial charge in [0.25, 0.3) is 15.9 Å². The Bertz CT molecular complexity index is 1230. The molecule has 0 radical (unpaired) electrons. The van der Waals surface area contributed by atoms with Crippen molar-refractivity contribution in [3.63, 3.8) is 0 Å². The number of hydrogen-bond donors (Lipinski definition) is 2. The number of carbonyl (C=O) groups excluding carboxylic acids is 1. The van der Waals surface area contributed by atoms with Crippen molar-refractivity contribution in [3.8, 4) is 5.75 Å². The lowest BCUT2D eigenvalue weighted by atomic mass is 9.88. The summed E-state index contributed by atoms with van der Waals surface area (Å²) in [6, 6.07) is 11.8. The van der Waals surface area contributed by atoms with Gasteiger partial charge in [0.15, 0.2) is 0 Å². The minimum atomic E-state index is -3.92. The highest BCUT2D eigenvalue weighted by molar-refractivity contribution is 7.91. The fourth-order valence-electron chi connectivity index (χ4n) is 3.46. The van der Waals surface area contributed by atoms with Crippen molar-refractivity contribution in [2.45, 2.75) is 29.6 Å². The molecule has 0 bridgehead atoms. The van der Waals surface area contributed by atoms with Crippen LogP contribution in [0.1, 0.15) is 40.4 Å². The van der Waals surface area contributed by atoms with Gasteiger partial charge >= 0.3 is 0 Å². The summed E-state index contributed by atoms with van der Waals surface area (Å²) in [6.45, 7) is 0. The average molecular weight is 479 g/mol. The molecule has 31 heavy (non-hydrogen) atoms. The van der Waals surface area contributed by atoms with Crippen molar-refractivity contribution in [2.24, 2.45) is 0 Å². The third kappa shape index (κ3) is 4.72. The molecule has 0 saturated carbocycles. The van der Waals surface area contributed by atoms with E-state index in [9.17, 15) is 13.2 Å². The maximum absolute atomic E-state index is 12.9. The number of halogens is 1. The van der Waals surface area contributed by atoms with E-state index in [4.69, 9.17) is 16.3 Å². The molecule has 4 rings (SSSR count). The quantitative estimate of drug-likeness (QED) is 0.521. The van der Waals surface area contributed by atoms with Gasteiger partial charge in [-0.05, 0) is 54.7 Å². The van der Waals surface area contributed by atoms with Gasteiger partial charge in [0.2, 0.25) is 9.47 Å². The number of amides is 1. The molecule has 1 aliphatic carbocycles. The molecule has 2 N–H and O–H groups in total. The van der Waals surface area contributed by atoms with Gasteiger partial charge in [0.1, 0.15) is 5.75 Å². The second-order valence-corrected chi connectivity index (χ2v) is 10.2. The third-order valence-electron chi connectivity index (χ3n) is 4.94. The van der Waals surface area contributed by atoms with Gasteiger partial charge in [-0.3, -0.25) is 10.1 Å². The highest BCUT2D eigenvalue weighted by Crippen LogP contribution is 2.33. The number of benzene rings is 2. The monoisotopic (exact) mass is 478 g/mol. The summed E-state index contributed by atoms with van der Waals surface area (Å²) in [5.41, 5.74) is 2.24. The summed E-state index contributed by atoms with van der Waals surface area (Å²) in [5, 5.41) is 10.4. The summed E-state index contributed by atoms with van der Waals surface area (Å²) >= 11 is 6.80. The SMILES string of the molecule is COc1ccc2c(c1)CCC[C@@H]2NS(=O)(=O)c1nnc(NC(=O)c2ccccc2Cl)s1. The molecule has 1 amide bonds. The first-order chi connectivity index (χ1) is 14.9. The molecule has 8 nitrogen and oxygen atoms in total. The highest BCUT2D eigenvalue weighted by atomic mass is 35.5. The molecule has 1 atom stereocenters. The largest absolute Gasteiger partial charge is 0.497 e. The number of nitrogens with zero attached hydrogens (tertiary/aromatic N) is 2. The maximum atomic E-state index is 12.9. The van der Waals surface area contributed by atoms with Gasteiger partial charge in [-0.2, -0.15) is 0 Å². The van der Waals surface area contributed by atoms with E-state index >= 15 is 0 Å². The molecule has 0 fully saturated rings. The molecule has 0 unspecified atom stereocenters.